The first kappa shape index (κ1) is 12.7. The number of hydrogen-bond donors (Lipinski definition) is 1. The van der Waals surface area contributed by atoms with Crippen LogP contribution in [-0.2, 0) is 0 Å². The first-order chi connectivity index (χ1) is 8.52. The zero-order valence-corrected chi connectivity index (χ0v) is 11.0. The predicted octanol–water partition coefficient (Wildman–Crippen LogP) is 0.663. The number of benzene rings is 1. The summed E-state index contributed by atoms with van der Waals surface area (Å²) in [5.74, 6) is 0.580. The summed E-state index contributed by atoms with van der Waals surface area (Å²) in [4.78, 5) is 16.1. The van der Waals surface area contributed by atoms with E-state index in [0.29, 0.717) is 23.0 Å². The summed E-state index contributed by atoms with van der Waals surface area (Å²) in [5.41, 5.74) is 6.90. The summed E-state index contributed by atoms with van der Waals surface area (Å²) >= 11 is 0. The van der Waals surface area contributed by atoms with Gasteiger partial charge in [-0.15, -0.1) is 0 Å². The Morgan fingerprint density at radius 3 is 2.67 bits per heavy atom. The Morgan fingerprint density at radius 1 is 1.44 bits per heavy atom. The van der Waals surface area contributed by atoms with E-state index in [1.165, 1.54) is 0 Å². The molecule has 1 aromatic rings. The van der Waals surface area contributed by atoms with Crippen LogP contribution in [0.15, 0.2) is 18.2 Å². The molecule has 0 spiro atoms. The summed E-state index contributed by atoms with van der Waals surface area (Å²) in [6.07, 6.45) is 0. The molecule has 1 fully saturated rings. The molecule has 0 aromatic heterocycles. The van der Waals surface area contributed by atoms with Crippen molar-refractivity contribution in [1.29, 1.82) is 0 Å². The maximum absolute atomic E-state index is 12.2. The third-order valence-corrected chi connectivity index (χ3v) is 3.36. The van der Waals surface area contributed by atoms with Gasteiger partial charge in [0.05, 0.1) is 12.8 Å². The van der Waals surface area contributed by atoms with Crippen molar-refractivity contribution in [3.63, 3.8) is 0 Å². The molecule has 98 valence electrons. The van der Waals surface area contributed by atoms with Crippen molar-refractivity contribution < 1.29 is 9.53 Å². The van der Waals surface area contributed by atoms with Gasteiger partial charge in [0.25, 0.3) is 5.91 Å². The standard InChI is InChI=1S/C13H19N3O2/c1-15(2)10-7-16(8-10)13(17)9-4-5-11(14)12(6-9)18-3/h4-6,10H,7-8,14H2,1-3H3. The van der Waals surface area contributed by atoms with Crippen molar-refractivity contribution in [3.05, 3.63) is 23.8 Å². The third-order valence-electron chi connectivity index (χ3n) is 3.36. The van der Waals surface area contributed by atoms with Gasteiger partial charge in [-0.2, -0.15) is 0 Å². The summed E-state index contributed by atoms with van der Waals surface area (Å²) in [5, 5.41) is 0. The first-order valence-corrected chi connectivity index (χ1v) is 5.92. The van der Waals surface area contributed by atoms with Crippen LogP contribution in [-0.4, -0.2) is 56.0 Å². The van der Waals surface area contributed by atoms with Gasteiger partial charge in [-0.1, -0.05) is 0 Å². The van der Waals surface area contributed by atoms with Gasteiger partial charge >= 0.3 is 0 Å². The molecule has 18 heavy (non-hydrogen) atoms. The van der Waals surface area contributed by atoms with Crippen LogP contribution in [0.1, 0.15) is 10.4 Å². The van der Waals surface area contributed by atoms with E-state index < -0.39 is 0 Å². The molecule has 1 amide bonds. The quantitative estimate of drug-likeness (QED) is 0.800. The number of amides is 1. The van der Waals surface area contributed by atoms with Crippen LogP contribution in [0.4, 0.5) is 5.69 Å². The predicted molar refractivity (Wildman–Crippen MR) is 70.8 cm³/mol. The van der Waals surface area contributed by atoms with Crippen molar-refractivity contribution in [2.45, 2.75) is 6.04 Å². The molecule has 0 saturated carbocycles. The molecule has 5 heteroatoms. The van der Waals surface area contributed by atoms with Crippen molar-refractivity contribution in [2.24, 2.45) is 0 Å². The normalized spacial score (nSPS) is 15.7. The van der Waals surface area contributed by atoms with Crippen LogP contribution in [0.25, 0.3) is 0 Å². The van der Waals surface area contributed by atoms with Gasteiger partial charge in [-0.05, 0) is 32.3 Å². The van der Waals surface area contributed by atoms with E-state index >= 15 is 0 Å². The molecular weight excluding hydrogens is 230 g/mol. The summed E-state index contributed by atoms with van der Waals surface area (Å²) in [6, 6.07) is 5.60. The highest BCUT2D eigenvalue weighted by Crippen LogP contribution is 2.24. The highest BCUT2D eigenvalue weighted by molar-refractivity contribution is 5.95. The van der Waals surface area contributed by atoms with E-state index in [-0.39, 0.29) is 5.91 Å². The van der Waals surface area contributed by atoms with Crippen LogP contribution in [0, 0.1) is 0 Å². The zero-order valence-electron chi connectivity index (χ0n) is 11.0. The van der Waals surface area contributed by atoms with E-state index in [1.54, 1.807) is 25.3 Å². The Bertz CT molecular complexity index is 454. The average molecular weight is 249 g/mol. The van der Waals surface area contributed by atoms with Crippen LogP contribution in [0.3, 0.4) is 0 Å². The fourth-order valence-corrected chi connectivity index (χ4v) is 1.97. The molecule has 0 unspecified atom stereocenters. The molecule has 0 aliphatic carbocycles. The van der Waals surface area contributed by atoms with E-state index in [1.807, 2.05) is 19.0 Å². The molecule has 0 radical (unpaired) electrons. The van der Waals surface area contributed by atoms with Gasteiger partial charge in [0.15, 0.2) is 0 Å². The molecule has 1 heterocycles. The Morgan fingerprint density at radius 2 is 2.11 bits per heavy atom. The van der Waals surface area contributed by atoms with Crippen molar-refractivity contribution in [1.82, 2.24) is 9.80 Å². The van der Waals surface area contributed by atoms with Crippen molar-refractivity contribution in [3.8, 4) is 5.75 Å². The minimum atomic E-state index is 0.0337. The number of rotatable bonds is 3. The number of carbonyl (C=O) groups excluding carboxylic acids is 1. The number of hydrogen-bond acceptors (Lipinski definition) is 4. The Balaban J connectivity index is 2.07. The van der Waals surface area contributed by atoms with E-state index in [4.69, 9.17) is 10.5 Å². The van der Waals surface area contributed by atoms with Crippen molar-refractivity contribution >= 4 is 11.6 Å². The first-order valence-electron chi connectivity index (χ1n) is 5.92. The summed E-state index contributed by atoms with van der Waals surface area (Å²) in [7, 11) is 5.60. The number of methoxy groups -OCH3 is 1. The minimum absolute atomic E-state index is 0.0337. The Hall–Kier alpha value is -1.75. The van der Waals surface area contributed by atoms with Gasteiger partial charge in [0.2, 0.25) is 0 Å². The molecule has 0 atom stereocenters. The van der Waals surface area contributed by atoms with Crippen LogP contribution >= 0.6 is 0 Å². The number of nitrogens with two attached hydrogens (primary N) is 1. The van der Waals surface area contributed by atoms with Gasteiger partial charge in [-0.25, -0.2) is 0 Å². The molecule has 2 rings (SSSR count). The molecule has 1 aromatic carbocycles. The van der Waals surface area contributed by atoms with E-state index in [9.17, 15) is 4.79 Å². The summed E-state index contributed by atoms with van der Waals surface area (Å²) in [6.45, 7) is 1.55. The zero-order chi connectivity index (χ0) is 13.3. The number of nitrogen functional groups attached to an aromatic ring is 1. The van der Waals surface area contributed by atoms with Crippen LogP contribution < -0.4 is 10.5 Å². The maximum Gasteiger partial charge on any atom is 0.254 e. The second-order valence-electron chi connectivity index (χ2n) is 4.78. The largest absolute Gasteiger partial charge is 0.495 e. The summed E-state index contributed by atoms with van der Waals surface area (Å²) < 4.78 is 5.12. The second-order valence-corrected chi connectivity index (χ2v) is 4.78. The molecule has 0 bridgehead atoms. The molecule has 5 nitrogen and oxygen atoms in total. The highest BCUT2D eigenvalue weighted by atomic mass is 16.5. The third kappa shape index (κ3) is 2.26. The molecule has 2 N–H and O–H groups in total. The minimum Gasteiger partial charge on any atom is -0.495 e. The average Bonchev–Trinajstić information content (AvgIpc) is 2.26. The fraction of sp³-hybridized carbons (Fsp3) is 0.462. The highest BCUT2D eigenvalue weighted by Gasteiger charge is 2.32. The van der Waals surface area contributed by atoms with Crippen molar-refractivity contribution in [2.75, 3.05) is 40.0 Å². The number of likely N-dealkylation sites (tertiary alicyclic amines) is 1. The number of carbonyl (C=O) groups is 1. The Labute approximate surface area is 107 Å². The molecule has 1 aliphatic heterocycles. The van der Waals surface area contributed by atoms with E-state index in [2.05, 4.69) is 4.90 Å². The maximum atomic E-state index is 12.2. The smallest absolute Gasteiger partial charge is 0.254 e. The lowest BCUT2D eigenvalue weighted by atomic mass is 10.1. The number of likely N-dealkylation sites (N-methyl/N-ethyl adjacent to an activating group) is 1. The monoisotopic (exact) mass is 249 g/mol. The van der Waals surface area contributed by atoms with Gasteiger partial charge < -0.3 is 20.3 Å². The number of nitrogens with zero attached hydrogens (tertiary/aromatic N) is 2. The lowest BCUT2D eigenvalue weighted by Gasteiger charge is -2.42. The lowest BCUT2D eigenvalue weighted by molar-refractivity contribution is 0.0399. The van der Waals surface area contributed by atoms with Crippen LogP contribution in [0.2, 0.25) is 0 Å². The van der Waals surface area contributed by atoms with Gasteiger partial charge in [-0.3, -0.25) is 4.79 Å². The van der Waals surface area contributed by atoms with Gasteiger partial charge in [0.1, 0.15) is 5.75 Å². The number of ether oxygens (including phenoxy) is 1. The topological polar surface area (TPSA) is 58.8 Å². The molecular formula is C13H19N3O2. The van der Waals surface area contributed by atoms with Crippen LogP contribution in [0.5, 0.6) is 5.75 Å². The fourth-order valence-electron chi connectivity index (χ4n) is 1.97. The second kappa shape index (κ2) is 4.86. The van der Waals surface area contributed by atoms with Gasteiger partial charge in [0, 0.05) is 24.7 Å². The Kier molecular flexibility index (Phi) is 3.43. The van der Waals surface area contributed by atoms with E-state index in [0.717, 1.165) is 13.1 Å². The number of anilines is 1. The SMILES string of the molecule is COc1cc(C(=O)N2CC(N(C)C)C2)ccc1N. The molecule has 1 saturated heterocycles. The lowest BCUT2D eigenvalue weighted by Crippen LogP contribution is -2.59. The molecule has 1 aliphatic rings.